The van der Waals surface area contributed by atoms with E-state index >= 15 is 0 Å². The highest BCUT2D eigenvalue weighted by Gasteiger charge is 2.50. The number of hydrogen-bond acceptors (Lipinski definition) is 3. The molecular formula is C18H26N2O3S. The first-order chi connectivity index (χ1) is 11.6. The molecule has 132 valence electrons. The third-order valence-electron chi connectivity index (χ3n) is 5.09. The molecule has 0 bridgehead atoms. The molecule has 2 atom stereocenters. The van der Waals surface area contributed by atoms with Gasteiger partial charge in [-0.15, -0.1) is 4.72 Å². The summed E-state index contributed by atoms with van der Waals surface area (Å²) in [5.74, 6) is 0. The minimum Gasteiger partial charge on any atom is -0.598 e. The van der Waals surface area contributed by atoms with E-state index in [2.05, 4.69) is 4.72 Å². The lowest BCUT2D eigenvalue weighted by molar-refractivity contribution is 0.0764. The Morgan fingerprint density at radius 2 is 2.04 bits per heavy atom. The number of amides is 1. The molecule has 1 spiro atoms. The van der Waals surface area contributed by atoms with Crippen LogP contribution in [0.15, 0.2) is 24.3 Å². The molecule has 6 heteroatoms. The smallest absolute Gasteiger partial charge is 0.407 e. The molecule has 2 N–H and O–H groups in total. The van der Waals surface area contributed by atoms with E-state index in [4.69, 9.17) is 0 Å². The van der Waals surface area contributed by atoms with Crippen molar-refractivity contribution >= 4 is 17.5 Å². The molecule has 1 saturated heterocycles. The van der Waals surface area contributed by atoms with Crippen LogP contribution in [-0.2, 0) is 17.8 Å². The fourth-order valence-electron chi connectivity index (χ4n) is 3.62. The molecule has 2 aliphatic rings. The van der Waals surface area contributed by atoms with E-state index in [-0.39, 0.29) is 0 Å². The van der Waals surface area contributed by atoms with Crippen LogP contribution in [0, 0.1) is 5.41 Å². The third-order valence-corrected chi connectivity index (χ3v) is 6.59. The van der Waals surface area contributed by atoms with Crippen LogP contribution in [0.1, 0.15) is 52.1 Å². The zero-order chi connectivity index (χ0) is 18.5. The molecule has 1 fully saturated rings. The lowest BCUT2D eigenvalue weighted by Crippen LogP contribution is -2.50. The van der Waals surface area contributed by atoms with Crippen LogP contribution in [0.3, 0.4) is 0 Å². The molecule has 1 heterocycles. The van der Waals surface area contributed by atoms with Crippen LogP contribution in [0.4, 0.5) is 4.79 Å². The quantitative estimate of drug-likeness (QED) is 0.803. The van der Waals surface area contributed by atoms with Gasteiger partial charge in [0.05, 0.1) is 7.39 Å². The lowest BCUT2D eigenvalue weighted by Gasteiger charge is -2.43. The molecule has 1 aromatic rings. The fourth-order valence-corrected chi connectivity index (χ4v) is 4.44. The topological polar surface area (TPSA) is 75.6 Å². The normalized spacial score (nSPS) is 27.7. The van der Waals surface area contributed by atoms with Crippen molar-refractivity contribution in [2.45, 2.75) is 50.8 Å². The molecule has 3 rings (SSSR count). The van der Waals surface area contributed by atoms with Crippen molar-refractivity contribution in [3.8, 4) is 0 Å². The summed E-state index contributed by atoms with van der Waals surface area (Å²) < 4.78 is 24.8. The largest absolute Gasteiger partial charge is 0.598 e. The number of benzene rings is 1. The number of carboxylic acid groups (broad SMARTS) is 1. The van der Waals surface area contributed by atoms with Crippen LogP contribution in [0.5, 0.6) is 0 Å². The first-order valence-corrected chi connectivity index (χ1v) is 9.50. The number of hydrogen-bond donors (Lipinski definition) is 2. The molecule has 1 aliphatic carbocycles. The fraction of sp³-hybridized carbons (Fsp3) is 0.611. The van der Waals surface area contributed by atoms with Gasteiger partial charge < -0.3 is 14.6 Å². The Bertz CT molecular complexity index is 671. The van der Waals surface area contributed by atoms with Crippen LogP contribution in [-0.4, -0.2) is 38.5 Å². The number of nitrogens with zero attached hydrogens (tertiary/aromatic N) is 1. The zero-order valence-corrected chi connectivity index (χ0v) is 15.3. The molecule has 0 aromatic heterocycles. The van der Waals surface area contributed by atoms with Gasteiger partial charge in [0.1, 0.15) is 4.75 Å². The van der Waals surface area contributed by atoms with E-state index in [1.165, 1.54) is 4.90 Å². The van der Waals surface area contributed by atoms with Gasteiger partial charge in [0.15, 0.2) is 0 Å². The Labute approximate surface area is 148 Å². The van der Waals surface area contributed by atoms with Gasteiger partial charge in [0, 0.05) is 29.9 Å². The van der Waals surface area contributed by atoms with Crippen molar-refractivity contribution < 1.29 is 15.8 Å². The number of likely N-dealkylation sites (tertiary alicyclic amines) is 1. The minimum absolute atomic E-state index is 0.411. The molecule has 1 aliphatic heterocycles. The standard InChI is InChI=1S/C18H26N2O3S/c1-17(2,3)24(23)19-15-14-7-5-4-6-13(14)12-18(15)8-10-20(11-9-18)16(21)22/h4-7,15,19H,8-12H2,1-3H3,(H,21,22)/t15-,24+/m0/s1/i15D. The average Bonchev–Trinajstić information content (AvgIpc) is 2.76. The second-order valence-corrected chi connectivity index (χ2v) is 9.71. The van der Waals surface area contributed by atoms with Crippen LogP contribution < -0.4 is 4.72 Å². The predicted octanol–water partition coefficient (Wildman–Crippen LogP) is 3.10. The van der Waals surface area contributed by atoms with Gasteiger partial charge in [0.25, 0.3) is 0 Å². The van der Waals surface area contributed by atoms with Crippen molar-refractivity contribution in [2.75, 3.05) is 13.1 Å². The molecule has 1 aromatic carbocycles. The Balaban J connectivity index is 1.97. The molecule has 0 radical (unpaired) electrons. The predicted molar refractivity (Wildman–Crippen MR) is 95.2 cm³/mol. The number of nitrogens with one attached hydrogen (secondary N) is 1. The SMILES string of the molecule is [2H][C@]1(N[S@+]([O-])C(C)(C)C)c2ccccc2CC12CCN(C(=O)O)CC2. The first kappa shape index (κ1) is 16.2. The van der Waals surface area contributed by atoms with Crippen LogP contribution in [0.25, 0.3) is 0 Å². The monoisotopic (exact) mass is 351 g/mol. The highest BCUT2D eigenvalue weighted by atomic mass is 32.2. The number of piperidine rings is 1. The van der Waals surface area contributed by atoms with Gasteiger partial charge in [-0.3, -0.25) is 0 Å². The van der Waals surface area contributed by atoms with E-state index < -0.39 is 33.6 Å². The van der Waals surface area contributed by atoms with E-state index in [1.54, 1.807) is 0 Å². The van der Waals surface area contributed by atoms with Gasteiger partial charge in [-0.05, 0) is 51.2 Å². The van der Waals surface area contributed by atoms with Crippen molar-refractivity contribution in [3.63, 3.8) is 0 Å². The van der Waals surface area contributed by atoms with Crippen molar-refractivity contribution in [3.05, 3.63) is 35.4 Å². The number of rotatable bonds is 2. The van der Waals surface area contributed by atoms with Gasteiger partial charge in [-0.25, -0.2) is 4.79 Å². The Morgan fingerprint density at radius 3 is 2.62 bits per heavy atom. The molecule has 0 saturated carbocycles. The van der Waals surface area contributed by atoms with Gasteiger partial charge in [-0.2, -0.15) is 0 Å². The Kier molecular flexibility index (Phi) is 4.22. The average molecular weight is 351 g/mol. The highest BCUT2D eigenvalue weighted by Crippen LogP contribution is 2.52. The molecule has 0 unspecified atom stereocenters. The van der Waals surface area contributed by atoms with Crippen molar-refractivity contribution in [1.82, 2.24) is 9.62 Å². The lowest BCUT2D eigenvalue weighted by atomic mass is 9.73. The molecule has 24 heavy (non-hydrogen) atoms. The first-order valence-electron chi connectivity index (χ1n) is 8.85. The van der Waals surface area contributed by atoms with Gasteiger partial charge in [-0.1, -0.05) is 24.3 Å². The number of fused-ring (bicyclic) bond motifs is 1. The van der Waals surface area contributed by atoms with Crippen molar-refractivity contribution in [1.29, 1.82) is 0 Å². The summed E-state index contributed by atoms with van der Waals surface area (Å²) in [7, 11) is 0. The van der Waals surface area contributed by atoms with Crippen molar-refractivity contribution in [2.24, 2.45) is 5.41 Å². The van der Waals surface area contributed by atoms with Crippen LogP contribution in [0.2, 0.25) is 0 Å². The maximum Gasteiger partial charge on any atom is 0.407 e. The summed E-state index contributed by atoms with van der Waals surface area (Å²) >= 11 is -1.39. The molecular weight excluding hydrogens is 324 g/mol. The second kappa shape index (κ2) is 6.24. The minimum atomic E-state index is -1.39. The second-order valence-electron chi connectivity index (χ2n) is 7.74. The number of carbonyl (C=O) groups is 1. The highest BCUT2D eigenvalue weighted by molar-refractivity contribution is 7.90. The zero-order valence-electron chi connectivity index (χ0n) is 15.5. The Morgan fingerprint density at radius 1 is 1.42 bits per heavy atom. The third kappa shape index (κ3) is 3.15. The van der Waals surface area contributed by atoms with Gasteiger partial charge in [0.2, 0.25) is 0 Å². The summed E-state index contributed by atoms with van der Waals surface area (Å²) in [5.41, 5.74) is 1.53. The van der Waals surface area contributed by atoms with Gasteiger partial charge >= 0.3 is 6.09 Å². The summed E-state index contributed by atoms with van der Waals surface area (Å²) in [5, 5.41) is 9.24. The summed E-state index contributed by atoms with van der Waals surface area (Å²) in [6.07, 6.45) is 0.985. The van der Waals surface area contributed by atoms with E-state index in [9.17, 15) is 15.8 Å². The van der Waals surface area contributed by atoms with E-state index in [1.807, 2.05) is 45.0 Å². The maximum absolute atomic E-state index is 12.8. The van der Waals surface area contributed by atoms with Crippen LogP contribution >= 0.6 is 0 Å². The summed E-state index contributed by atoms with van der Waals surface area (Å²) in [6.45, 7) is 6.49. The Hall–Kier alpha value is -1.24. The summed E-state index contributed by atoms with van der Waals surface area (Å²) in [4.78, 5) is 12.7. The molecule has 5 nitrogen and oxygen atoms in total. The van der Waals surface area contributed by atoms with E-state index in [0.29, 0.717) is 32.4 Å². The van der Waals surface area contributed by atoms with E-state index in [0.717, 1.165) is 11.1 Å². The maximum atomic E-state index is 12.8. The summed E-state index contributed by atoms with van der Waals surface area (Å²) in [6, 6.07) is 6.67. The molecule has 1 amide bonds.